The fraction of sp³-hybridized carbons (Fsp3) is 0.385. The van der Waals surface area contributed by atoms with Crippen LogP contribution in [0, 0.1) is 0 Å². The predicted octanol–water partition coefficient (Wildman–Crippen LogP) is 3.19. The van der Waals surface area contributed by atoms with Crippen LogP contribution in [0.4, 0.5) is 5.82 Å². The van der Waals surface area contributed by atoms with Gasteiger partial charge < -0.3 is 9.88 Å². The zero-order valence-corrected chi connectivity index (χ0v) is 12.5. The first-order valence-electron chi connectivity index (χ1n) is 6.13. The number of hydrogen-bond acceptors (Lipinski definition) is 4. The number of anilines is 1. The molecule has 102 valence electrons. The lowest BCUT2D eigenvalue weighted by Gasteiger charge is -2.11. The SMILES string of the molecule is CC(C)n1ccnc(NCCc2ccc(Cl)s2)c1=O. The molecule has 19 heavy (non-hydrogen) atoms. The van der Waals surface area contributed by atoms with Crippen LogP contribution in [0.2, 0.25) is 4.34 Å². The van der Waals surface area contributed by atoms with E-state index >= 15 is 0 Å². The highest BCUT2D eigenvalue weighted by molar-refractivity contribution is 7.16. The highest BCUT2D eigenvalue weighted by Crippen LogP contribution is 2.21. The highest BCUT2D eigenvalue weighted by atomic mass is 35.5. The highest BCUT2D eigenvalue weighted by Gasteiger charge is 2.06. The van der Waals surface area contributed by atoms with Crippen molar-refractivity contribution in [2.45, 2.75) is 26.3 Å². The monoisotopic (exact) mass is 297 g/mol. The zero-order valence-electron chi connectivity index (χ0n) is 10.9. The third kappa shape index (κ3) is 3.58. The molecule has 0 atom stereocenters. The number of hydrogen-bond donors (Lipinski definition) is 1. The van der Waals surface area contributed by atoms with Gasteiger partial charge in [0.15, 0.2) is 5.82 Å². The molecule has 0 aliphatic rings. The summed E-state index contributed by atoms with van der Waals surface area (Å²) in [5, 5.41) is 3.09. The molecule has 0 saturated heterocycles. The van der Waals surface area contributed by atoms with Gasteiger partial charge in [0.25, 0.3) is 5.56 Å². The maximum absolute atomic E-state index is 12.1. The molecule has 2 heterocycles. The quantitative estimate of drug-likeness (QED) is 0.922. The minimum absolute atomic E-state index is 0.0817. The van der Waals surface area contributed by atoms with E-state index in [1.807, 2.05) is 26.0 Å². The summed E-state index contributed by atoms with van der Waals surface area (Å²) in [5.74, 6) is 0.402. The molecule has 6 heteroatoms. The molecule has 2 aromatic heterocycles. The lowest BCUT2D eigenvalue weighted by Crippen LogP contribution is -2.26. The van der Waals surface area contributed by atoms with Crippen molar-refractivity contribution in [3.63, 3.8) is 0 Å². The smallest absolute Gasteiger partial charge is 0.293 e. The minimum Gasteiger partial charge on any atom is -0.365 e. The Balaban J connectivity index is 2.00. The first-order chi connectivity index (χ1) is 9.08. The van der Waals surface area contributed by atoms with Crippen LogP contribution in [-0.2, 0) is 6.42 Å². The molecule has 2 rings (SSSR count). The summed E-state index contributed by atoms with van der Waals surface area (Å²) < 4.78 is 2.45. The molecule has 0 aromatic carbocycles. The van der Waals surface area contributed by atoms with E-state index in [0.29, 0.717) is 12.4 Å². The van der Waals surface area contributed by atoms with Crippen molar-refractivity contribution in [3.05, 3.63) is 44.1 Å². The fourth-order valence-electron chi connectivity index (χ4n) is 1.74. The summed E-state index contributed by atoms with van der Waals surface area (Å²) >= 11 is 7.43. The van der Waals surface area contributed by atoms with Gasteiger partial charge in [0.05, 0.1) is 4.34 Å². The van der Waals surface area contributed by atoms with Crippen molar-refractivity contribution in [2.75, 3.05) is 11.9 Å². The standard InChI is InChI=1S/C13H16ClN3OS/c1-9(2)17-8-7-16-12(13(17)18)15-6-5-10-3-4-11(14)19-10/h3-4,7-9H,5-6H2,1-2H3,(H,15,16). The minimum atomic E-state index is -0.0817. The summed E-state index contributed by atoms with van der Waals surface area (Å²) in [4.78, 5) is 17.4. The number of aromatic nitrogens is 2. The molecular formula is C13H16ClN3OS. The Kier molecular flexibility index (Phi) is 4.61. The number of rotatable bonds is 5. The Bertz CT molecular complexity index is 606. The van der Waals surface area contributed by atoms with Crippen LogP contribution >= 0.6 is 22.9 Å². The molecule has 0 aliphatic carbocycles. The van der Waals surface area contributed by atoms with Gasteiger partial charge in [-0.25, -0.2) is 4.98 Å². The Hall–Kier alpha value is -1.33. The van der Waals surface area contributed by atoms with Gasteiger partial charge >= 0.3 is 0 Å². The molecule has 0 unspecified atom stereocenters. The Morgan fingerprint density at radius 2 is 2.26 bits per heavy atom. The first-order valence-corrected chi connectivity index (χ1v) is 7.32. The van der Waals surface area contributed by atoms with Crippen molar-refractivity contribution in [1.82, 2.24) is 9.55 Å². The molecule has 0 aliphatic heterocycles. The maximum atomic E-state index is 12.1. The number of halogens is 1. The van der Waals surface area contributed by atoms with Crippen molar-refractivity contribution in [1.29, 1.82) is 0 Å². The zero-order chi connectivity index (χ0) is 13.8. The second kappa shape index (κ2) is 6.21. The van der Waals surface area contributed by atoms with E-state index in [0.717, 1.165) is 10.8 Å². The molecule has 0 amide bonds. The van der Waals surface area contributed by atoms with Crippen molar-refractivity contribution in [2.24, 2.45) is 0 Å². The molecule has 2 aromatic rings. The Morgan fingerprint density at radius 3 is 2.89 bits per heavy atom. The molecule has 4 nitrogen and oxygen atoms in total. The van der Waals surface area contributed by atoms with Crippen molar-refractivity contribution in [3.8, 4) is 0 Å². The Morgan fingerprint density at radius 1 is 1.47 bits per heavy atom. The lowest BCUT2D eigenvalue weighted by molar-refractivity contribution is 0.575. The molecule has 0 saturated carbocycles. The van der Waals surface area contributed by atoms with Gasteiger partial charge in [0.1, 0.15) is 0 Å². The van der Waals surface area contributed by atoms with Gasteiger partial charge in [0.2, 0.25) is 0 Å². The average Bonchev–Trinajstić information content (AvgIpc) is 2.77. The summed E-state index contributed by atoms with van der Waals surface area (Å²) in [7, 11) is 0. The van der Waals surface area contributed by atoms with Gasteiger partial charge in [-0.3, -0.25) is 4.79 Å². The predicted molar refractivity (Wildman–Crippen MR) is 80.4 cm³/mol. The van der Waals surface area contributed by atoms with E-state index in [-0.39, 0.29) is 11.6 Å². The average molecular weight is 298 g/mol. The summed E-state index contributed by atoms with van der Waals surface area (Å²) in [6.45, 7) is 4.61. The van der Waals surface area contributed by atoms with Crippen LogP contribution in [0.3, 0.4) is 0 Å². The summed E-state index contributed by atoms with van der Waals surface area (Å²) in [6, 6.07) is 4.01. The third-order valence-electron chi connectivity index (χ3n) is 2.72. The van der Waals surface area contributed by atoms with Crippen LogP contribution in [0.15, 0.2) is 29.3 Å². The van der Waals surface area contributed by atoms with E-state index < -0.39 is 0 Å². The van der Waals surface area contributed by atoms with Crippen molar-refractivity contribution < 1.29 is 0 Å². The summed E-state index contributed by atoms with van der Waals surface area (Å²) in [6.07, 6.45) is 4.18. The van der Waals surface area contributed by atoms with Crippen molar-refractivity contribution >= 4 is 28.8 Å². The second-order valence-electron chi connectivity index (χ2n) is 4.46. The largest absolute Gasteiger partial charge is 0.365 e. The van der Waals surface area contributed by atoms with E-state index in [1.165, 1.54) is 4.88 Å². The fourth-order valence-corrected chi connectivity index (χ4v) is 2.83. The van der Waals surface area contributed by atoms with Gasteiger partial charge in [-0.2, -0.15) is 0 Å². The van der Waals surface area contributed by atoms with Gasteiger partial charge in [-0.05, 0) is 32.4 Å². The van der Waals surface area contributed by atoms with Gasteiger partial charge in [0, 0.05) is 29.9 Å². The molecule has 0 fully saturated rings. The molecule has 0 bridgehead atoms. The van der Waals surface area contributed by atoms with Crippen LogP contribution < -0.4 is 10.9 Å². The van der Waals surface area contributed by atoms with Crippen LogP contribution in [0.25, 0.3) is 0 Å². The topological polar surface area (TPSA) is 46.9 Å². The van der Waals surface area contributed by atoms with E-state index in [1.54, 1.807) is 28.3 Å². The maximum Gasteiger partial charge on any atom is 0.293 e. The number of nitrogens with zero attached hydrogens (tertiary/aromatic N) is 2. The van der Waals surface area contributed by atoms with Gasteiger partial charge in [-0.1, -0.05) is 11.6 Å². The van der Waals surface area contributed by atoms with E-state index in [2.05, 4.69) is 10.3 Å². The lowest BCUT2D eigenvalue weighted by atomic mass is 10.3. The Labute approximate surface area is 121 Å². The number of nitrogens with one attached hydrogen (secondary N) is 1. The first kappa shape index (κ1) is 14.1. The summed E-state index contributed by atoms with van der Waals surface area (Å²) in [5.41, 5.74) is -0.0817. The van der Waals surface area contributed by atoms with Crippen LogP contribution in [0.1, 0.15) is 24.8 Å². The molecule has 0 spiro atoms. The second-order valence-corrected chi connectivity index (χ2v) is 6.26. The normalized spacial score (nSPS) is 10.9. The van der Waals surface area contributed by atoms with Crippen LogP contribution in [0.5, 0.6) is 0 Å². The van der Waals surface area contributed by atoms with Gasteiger partial charge in [-0.15, -0.1) is 11.3 Å². The van der Waals surface area contributed by atoms with E-state index in [9.17, 15) is 4.79 Å². The number of thiophene rings is 1. The molecule has 1 N–H and O–H groups in total. The molecular weight excluding hydrogens is 282 g/mol. The third-order valence-corrected chi connectivity index (χ3v) is 4.01. The van der Waals surface area contributed by atoms with E-state index in [4.69, 9.17) is 11.6 Å². The van der Waals surface area contributed by atoms with Crippen LogP contribution in [-0.4, -0.2) is 16.1 Å². The molecule has 0 radical (unpaired) electrons.